The molecule has 2 aromatic carbocycles. The fourth-order valence-electron chi connectivity index (χ4n) is 3.09. The van der Waals surface area contributed by atoms with Gasteiger partial charge in [-0.25, -0.2) is 4.79 Å². The number of carboxylic acids is 1. The van der Waals surface area contributed by atoms with Crippen LogP contribution in [0.15, 0.2) is 52.3 Å². The molecule has 2 aromatic rings. The van der Waals surface area contributed by atoms with Crippen molar-refractivity contribution in [3.63, 3.8) is 0 Å². The van der Waals surface area contributed by atoms with Crippen LogP contribution >= 0.6 is 25.3 Å². The third-order valence-electron chi connectivity index (χ3n) is 4.77. The Morgan fingerprint density at radius 1 is 0.938 bits per heavy atom. The molecule has 2 atom stereocenters. The monoisotopic (exact) mass is 476 g/mol. The lowest BCUT2D eigenvalue weighted by Crippen LogP contribution is -2.52. The number of nitrogen functional groups attached to an aromatic ring is 1. The summed E-state index contributed by atoms with van der Waals surface area (Å²) < 4.78 is 0. The van der Waals surface area contributed by atoms with Gasteiger partial charge in [-0.15, -0.1) is 25.3 Å². The molecule has 2 amide bonds. The fourth-order valence-corrected chi connectivity index (χ4v) is 3.75. The van der Waals surface area contributed by atoms with E-state index >= 15 is 0 Å². The van der Waals surface area contributed by atoms with Crippen molar-refractivity contribution in [3.05, 3.63) is 53.6 Å². The Labute approximate surface area is 198 Å². The minimum Gasteiger partial charge on any atom is -0.480 e. The number of benzene rings is 2. The van der Waals surface area contributed by atoms with E-state index in [4.69, 9.17) is 11.5 Å². The predicted octanol–water partition coefficient (Wildman–Crippen LogP) is 1.89. The van der Waals surface area contributed by atoms with Crippen molar-refractivity contribution in [2.45, 2.75) is 47.6 Å². The summed E-state index contributed by atoms with van der Waals surface area (Å²) in [5, 5.41) is 14.7. The average Bonchev–Trinajstić information content (AvgIpc) is 2.73. The lowest BCUT2D eigenvalue weighted by molar-refractivity contribution is -0.142. The minimum atomic E-state index is -1.14. The van der Waals surface area contributed by atoms with Crippen LogP contribution in [-0.4, -0.2) is 41.5 Å². The number of aliphatic carboxylic acids is 1. The van der Waals surface area contributed by atoms with Gasteiger partial charge in [-0.05, 0) is 61.7 Å². The Morgan fingerprint density at radius 2 is 1.56 bits per heavy atom. The lowest BCUT2D eigenvalue weighted by atomic mass is 10.0. The largest absolute Gasteiger partial charge is 0.480 e. The molecular formula is C22H28N4O4S2. The average molecular weight is 477 g/mol. The van der Waals surface area contributed by atoms with Gasteiger partial charge < -0.3 is 27.2 Å². The number of amides is 2. The summed E-state index contributed by atoms with van der Waals surface area (Å²) in [5.41, 5.74) is 12.8. The number of thiol groups is 2. The van der Waals surface area contributed by atoms with E-state index in [9.17, 15) is 19.5 Å². The highest BCUT2D eigenvalue weighted by Gasteiger charge is 2.27. The van der Waals surface area contributed by atoms with Crippen LogP contribution in [0.4, 0.5) is 5.69 Å². The predicted molar refractivity (Wildman–Crippen MR) is 129 cm³/mol. The van der Waals surface area contributed by atoms with Gasteiger partial charge in [0.15, 0.2) is 0 Å². The highest BCUT2D eigenvalue weighted by molar-refractivity contribution is 7.81. The standard InChI is InChI=1S/C22H28N4O4S2/c23-8-2-1-3-18(22(29)30)25-21(28)19(9-13-4-6-15(24)7-5-13)26-20(27)14-10-16(31)12-17(32)11-14/h4-7,10-12,18-19,31-32H,1-3,8-9,23-24H2,(H,25,28)(H,26,27)(H,29,30)/t18-,19-/m0/s1. The third kappa shape index (κ3) is 8.10. The van der Waals surface area contributed by atoms with Gasteiger partial charge >= 0.3 is 5.97 Å². The van der Waals surface area contributed by atoms with Crippen LogP contribution < -0.4 is 22.1 Å². The molecule has 0 fully saturated rings. The van der Waals surface area contributed by atoms with Crippen LogP contribution in [0.1, 0.15) is 35.2 Å². The molecule has 0 bridgehead atoms. The number of hydrogen-bond donors (Lipinski definition) is 7. The van der Waals surface area contributed by atoms with E-state index in [-0.39, 0.29) is 18.4 Å². The molecule has 32 heavy (non-hydrogen) atoms. The summed E-state index contributed by atoms with van der Waals surface area (Å²) in [7, 11) is 0. The molecule has 2 rings (SSSR count). The Morgan fingerprint density at radius 3 is 2.12 bits per heavy atom. The molecule has 0 heterocycles. The number of nitrogens with two attached hydrogens (primary N) is 2. The fraction of sp³-hybridized carbons (Fsp3) is 0.318. The topological polar surface area (TPSA) is 148 Å². The van der Waals surface area contributed by atoms with Crippen molar-refractivity contribution < 1.29 is 19.5 Å². The second-order valence-corrected chi connectivity index (χ2v) is 8.43. The number of unbranched alkanes of at least 4 members (excludes halogenated alkanes) is 1. The number of anilines is 1. The zero-order valence-electron chi connectivity index (χ0n) is 17.5. The zero-order valence-corrected chi connectivity index (χ0v) is 19.2. The number of carbonyl (C=O) groups excluding carboxylic acids is 2. The Bertz CT molecular complexity index is 933. The van der Waals surface area contributed by atoms with E-state index in [2.05, 4.69) is 35.9 Å². The molecule has 0 aliphatic rings. The maximum Gasteiger partial charge on any atom is 0.326 e. The molecule has 0 saturated carbocycles. The normalized spacial score (nSPS) is 12.6. The second kappa shape index (κ2) is 12.4. The van der Waals surface area contributed by atoms with Gasteiger partial charge in [0.25, 0.3) is 5.91 Å². The van der Waals surface area contributed by atoms with Crippen LogP contribution in [0.25, 0.3) is 0 Å². The van der Waals surface area contributed by atoms with Crippen molar-refractivity contribution in [3.8, 4) is 0 Å². The van der Waals surface area contributed by atoms with Crippen molar-refractivity contribution in [1.82, 2.24) is 10.6 Å². The minimum absolute atomic E-state index is 0.154. The highest BCUT2D eigenvalue weighted by atomic mass is 32.1. The van der Waals surface area contributed by atoms with Gasteiger partial charge in [0.05, 0.1) is 0 Å². The van der Waals surface area contributed by atoms with Gasteiger partial charge in [-0.3, -0.25) is 9.59 Å². The van der Waals surface area contributed by atoms with Gasteiger partial charge in [0.1, 0.15) is 12.1 Å². The van der Waals surface area contributed by atoms with E-state index in [1.165, 1.54) is 0 Å². The molecular weight excluding hydrogens is 448 g/mol. The summed E-state index contributed by atoms with van der Waals surface area (Å²) in [4.78, 5) is 38.5. The van der Waals surface area contributed by atoms with Crippen LogP contribution in [0.2, 0.25) is 0 Å². The first-order chi connectivity index (χ1) is 15.2. The van der Waals surface area contributed by atoms with E-state index in [0.29, 0.717) is 34.9 Å². The number of carboxylic acid groups (broad SMARTS) is 1. The summed E-state index contributed by atoms with van der Waals surface area (Å²) in [6.07, 6.45) is 1.60. The lowest BCUT2D eigenvalue weighted by Gasteiger charge is -2.22. The van der Waals surface area contributed by atoms with Crippen molar-refractivity contribution in [2.24, 2.45) is 5.73 Å². The molecule has 0 spiro atoms. The summed E-state index contributed by atoms with van der Waals surface area (Å²) in [5.74, 6) is -2.24. The van der Waals surface area contributed by atoms with E-state index < -0.39 is 29.9 Å². The van der Waals surface area contributed by atoms with Gasteiger partial charge in [-0.2, -0.15) is 0 Å². The van der Waals surface area contributed by atoms with E-state index in [1.54, 1.807) is 42.5 Å². The Hall–Kier alpha value is -2.69. The van der Waals surface area contributed by atoms with Crippen molar-refractivity contribution in [2.75, 3.05) is 12.3 Å². The zero-order chi connectivity index (χ0) is 23.7. The van der Waals surface area contributed by atoms with Crippen LogP contribution in [0.3, 0.4) is 0 Å². The van der Waals surface area contributed by atoms with E-state index in [1.807, 2.05) is 0 Å². The maximum atomic E-state index is 13.0. The molecule has 0 aromatic heterocycles. The van der Waals surface area contributed by atoms with Gasteiger partial charge in [0, 0.05) is 27.5 Å². The third-order valence-corrected chi connectivity index (χ3v) is 5.28. The summed E-state index contributed by atoms with van der Waals surface area (Å²) in [6.45, 7) is 0.438. The second-order valence-electron chi connectivity index (χ2n) is 7.39. The molecule has 0 radical (unpaired) electrons. The quantitative estimate of drug-likeness (QED) is 0.150. The molecule has 172 valence electrons. The van der Waals surface area contributed by atoms with Crippen LogP contribution in [0.5, 0.6) is 0 Å². The van der Waals surface area contributed by atoms with Crippen molar-refractivity contribution in [1.29, 1.82) is 0 Å². The Balaban J connectivity index is 2.21. The first-order valence-electron chi connectivity index (χ1n) is 10.1. The first-order valence-corrected chi connectivity index (χ1v) is 11.0. The van der Waals surface area contributed by atoms with Gasteiger partial charge in [0.2, 0.25) is 5.91 Å². The van der Waals surface area contributed by atoms with E-state index in [0.717, 1.165) is 5.56 Å². The summed E-state index contributed by atoms with van der Waals surface area (Å²) >= 11 is 8.51. The molecule has 0 saturated heterocycles. The number of carbonyl (C=O) groups is 3. The smallest absolute Gasteiger partial charge is 0.326 e. The molecule has 0 unspecified atom stereocenters. The molecule has 0 aliphatic carbocycles. The van der Waals surface area contributed by atoms with Gasteiger partial charge in [-0.1, -0.05) is 12.1 Å². The number of rotatable bonds is 11. The molecule has 0 aliphatic heterocycles. The first kappa shape index (κ1) is 25.6. The Kier molecular flexibility index (Phi) is 9.89. The highest BCUT2D eigenvalue weighted by Crippen LogP contribution is 2.17. The number of nitrogens with one attached hydrogen (secondary N) is 2. The van der Waals surface area contributed by atoms with Crippen LogP contribution in [-0.2, 0) is 16.0 Å². The molecule has 8 nitrogen and oxygen atoms in total. The number of hydrogen-bond acceptors (Lipinski definition) is 7. The SMILES string of the molecule is NCCCC[C@H](NC(=O)[C@H](Cc1ccc(N)cc1)NC(=O)c1cc(S)cc(S)c1)C(=O)O. The molecule has 10 heteroatoms. The van der Waals surface area contributed by atoms with Crippen molar-refractivity contribution >= 4 is 48.7 Å². The summed E-state index contributed by atoms with van der Waals surface area (Å²) in [6, 6.07) is 9.59. The maximum absolute atomic E-state index is 13.0. The van der Waals surface area contributed by atoms with Crippen LogP contribution in [0, 0.1) is 0 Å². The molecule has 7 N–H and O–H groups in total.